The van der Waals surface area contributed by atoms with Gasteiger partial charge in [-0.15, -0.1) is 0 Å². The zero-order chi connectivity index (χ0) is 13.3. The number of benzene rings is 1. The first-order valence-electron chi connectivity index (χ1n) is 7.58. The lowest BCUT2D eigenvalue weighted by Crippen LogP contribution is -2.37. The Bertz CT molecular complexity index is 418. The van der Waals surface area contributed by atoms with Crippen molar-refractivity contribution in [1.82, 2.24) is 10.2 Å². The molecule has 0 amide bonds. The molecule has 1 unspecified atom stereocenters. The molecule has 1 aromatic rings. The second-order valence-corrected chi connectivity index (χ2v) is 7.14. The third kappa shape index (κ3) is 2.70. The Morgan fingerprint density at radius 1 is 1.21 bits per heavy atom. The number of nitrogens with one attached hydrogen (secondary N) is 1. The summed E-state index contributed by atoms with van der Waals surface area (Å²) in [6.45, 7) is 10.9. The Kier molecular flexibility index (Phi) is 3.40. The molecule has 2 fully saturated rings. The Labute approximate surface area is 117 Å². The van der Waals surface area contributed by atoms with Crippen molar-refractivity contribution < 1.29 is 0 Å². The second kappa shape index (κ2) is 4.92. The van der Waals surface area contributed by atoms with Crippen LogP contribution < -0.4 is 5.32 Å². The lowest BCUT2D eigenvalue weighted by atomic mass is 9.83. The maximum absolute atomic E-state index is 3.54. The summed E-state index contributed by atoms with van der Waals surface area (Å²) in [4.78, 5) is 2.68. The molecule has 2 heterocycles. The Hall–Kier alpha value is -0.860. The highest BCUT2D eigenvalue weighted by atomic mass is 15.2. The molecule has 0 aromatic heterocycles. The first kappa shape index (κ1) is 13.1. The fraction of sp³-hybridized carbons (Fsp3) is 0.647. The van der Waals surface area contributed by atoms with Gasteiger partial charge in [0.25, 0.3) is 0 Å². The predicted octanol–water partition coefficient (Wildman–Crippen LogP) is 2.65. The maximum Gasteiger partial charge on any atom is 0.00735 e. The quantitative estimate of drug-likeness (QED) is 0.896. The van der Waals surface area contributed by atoms with Crippen molar-refractivity contribution in [2.75, 3.05) is 32.7 Å². The number of hydrogen-bond acceptors (Lipinski definition) is 2. The molecule has 1 aromatic carbocycles. The number of hydrogen-bond donors (Lipinski definition) is 1. The van der Waals surface area contributed by atoms with Gasteiger partial charge < -0.3 is 10.2 Å². The minimum absolute atomic E-state index is 0.249. The van der Waals surface area contributed by atoms with Crippen molar-refractivity contribution in [2.45, 2.75) is 32.1 Å². The topological polar surface area (TPSA) is 15.3 Å². The van der Waals surface area contributed by atoms with E-state index < -0.39 is 0 Å². The minimum Gasteiger partial charge on any atom is -0.316 e. The molecule has 1 atom stereocenters. The largest absolute Gasteiger partial charge is 0.316 e. The fourth-order valence-corrected chi connectivity index (χ4v) is 3.85. The molecule has 0 aliphatic carbocycles. The highest BCUT2D eigenvalue weighted by Crippen LogP contribution is 2.37. The van der Waals surface area contributed by atoms with E-state index >= 15 is 0 Å². The lowest BCUT2D eigenvalue weighted by Gasteiger charge is -2.32. The molecule has 2 aliphatic heterocycles. The van der Waals surface area contributed by atoms with Crippen molar-refractivity contribution in [3.05, 3.63) is 35.9 Å². The molecule has 2 nitrogen and oxygen atoms in total. The number of likely N-dealkylation sites (tertiary alicyclic amines) is 1. The SMILES string of the molecule is CC(C)(CN1CCC2(CCNC2)C1)c1ccccc1. The van der Waals surface area contributed by atoms with E-state index in [4.69, 9.17) is 0 Å². The summed E-state index contributed by atoms with van der Waals surface area (Å²) in [5.74, 6) is 0. The average Bonchev–Trinajstić information content (AvgIpc) is 3.01. The van der Waals surface area contributed by atoms with Crippen LogP contribution in [0.15, 0.2) is 30.3 Å². The summed E-state index contributed by atoms with van der Waals surface area (Å²) < 4.78 is 0. The number of rotatable bonds is 3. The summed E-state index contributed by atoms with van der Waals surface area (Å²) >= 11 is 0. The third-order valence-electron chi connectivity index (χ3n) is 5.02. The summed E-state index contributed by atoms with van der Waals surface area (Å²) in [6, 6.07) is 11.0. The van der Waals surface area contributed by atoms with E-state index in [1.165, 1.54) is 51.1 Å². The molecule has 19 heavy (non-hydrogen) atoms. The van der Waals surface area contributed by atoms with Crippen molar-refractivity contribution in [3.63, 3.8) is 0 Å². The third-order valence-corrected chi connectivity index (χ3v) is 5.02. The molecule has 0 radical (unpaired) electrons. The van der Waals surface area contributed by atoms with E-state index in [1.54, 1.807) is 0 Å². The zero-order valence-electron chi connectivity index (χ0n) is 12.3. The molecule has 0 bridgehead atoms. The molecule has 2 heteroatoms. The molecule has 1 spiro atoms. The van der Waals surface area contributed by atoms with E-state index in [1.807, 2.05) is 0 Å². The Morgan fingerprint density at radius 2 is 2.00 bits per heavy atom. The van der Waals surface area contributed by atoms with Crippen LogP contribution in [-0.4, -0.2) is 37.6 Å². The Balaban J connectivity index is 1.65. The van der Waals surface area contributed by atoms with Crippen LogP contribution in [0.3, 0.4) is 0 Å². The van der Waals surface area contributed by atoms with E-state index in [-0.39, 0.29) is 5.41 Å². The van der Waals surface area contributed by atoms with Gasteiger partial charge in [0.1, 0.15) is 0 Å². The van der Waals surface area contributed by atoms with Crippen LogP contribution in [0.4, 0.5) is 0 Å². The van der Waals surface area contributed by atoms with Gasteiger partial charge in [0.05, 0.1) is 0 Å². The smallest absolute Gasteiger partial charge is 0.00735 e. The normalized spacial score (nSPS) is 28.3. The summed E-state index contributed by atoms with van der Waals surface area (Å²) in [6.07, 6.45) is 2.75. The van der Waals surface area contributed by atoms with Gasteiger partial charge in [-0.25, -0.2) is 0 Å². The van der Waals surface area contributed by atoms with Crippen LogP contribution >= 0.6 is 0 Å². The van der Waals surface area contributed by atoms with Crippen LogP contribution in [0.1, 0.15) is 32.3 Å². The molecular weight excluding hydrogens is 232 g/mol. The zero-order valence-corrected chi connectivity index (χ0v) is 12.3. The van der Waals surface area contributed by atoms with E-state index in [0.29, 0.717) is 5.41 Å². The first-order chi connectivity index (χ1) is 9.10. The highest BCUT2D eigenvalue weighted by molar-refractivity contribution is 5.24. The minimum atomic E-state index is 0.249. The maximum atomic E-state index is 3.54. The van der Waals surface area contributed by atoms with Gasteiger partial charge in [-0.2, -0.15) is 0 Å². The van der Waals surface area contributed by atoms with Gasteiger partial charge in [0.15, 0.2) is 0 Å². The van der Waals surface area contributed by atoms with Crippen molar-refractivity contribution in [2.24, 2.45) is 5.41 Å². The monoisotopic (exact) mass is 258 g/mol. The molecule has 1 N–H and O–H groups in total. The van der Waals surface area contributed by atoms with Gasteiger partial charge in [0, 0.05) is 25.0 Å². The van der Waals surface area contributed by atoms with Gasteiger partial charge >= 0.3 is 0 Å². The standard InChI is InChI=1S/C17H26N2/c1-16(2,15-6-4-3-5-7-15)13-19-11-9-17(14-19)8-10-18-12-17/h3-7,18H,8-14H2,1-2H3. The van der Waals surface area contributed by atoms with Crippen LogP contribution in [0.2, 0.25) is 0 Å². The van der Waals surface area contributed by atoms with Gasteiger partial charge in [-0.05, 0) is 36.9 Å². The van der Waals surface area contributed by atoms with E-state index in [2.05, 4.69) is 54.4 Å². The predicted molar refractivity (Wildman–Crippen MR) is 80.4 cm³/mol. The molecule has 3 rings (SSSR count). The Morgan fingerprint density at radius 3 is 2.68 bits per heavy atom. The van der Waals surface area contributed by atoms with Crippen molar-refractivity contribution in [3.8, 4) is 0 Å². The van der Waals surface area contributed by atoms with Crippen LogP contribution in [0.25, 0.3) is 0 Å². The molecule has 2 saturated heterocycles. The summed E-state index contributed by atoms with van der Waals surface area (Å²) in [5.41, 5.74) is 2.30. The second-order valence-electron chi connectivity index (χ2n) is 7.14. The fourth-order valence-electron chi connectivity index (χ4n) is 3.85. The van der Waals surface area contributed by atoms with E-state index in [9.17, 15) is 0 Å². The first-order valence-corrected chi connectivity index (χ1v) is 7.58. The highest BCUT2D eigenvalue weighted by Gasteiger charge is 2.41. The molecule has 2 aliphatic rings. The van der Waals surface area contributed by atoms with Gasteiger partial charge in [-0.1, -0.05) is 44.2 Å². The van der Waals surface area contributed by atoms with Crippen LogP contribution in [-0.2, 0) is 5.41 Å². The molecular formula is C17H26N2. The molecule has 0 saturated carbocycles. The van der Waals surface area contributed by atoms with Crippen molar-refractivity contribution in [1.29, 1.82) is 0 Å². The van der Waals surface area contributed by atoms with Gasteiger partial charge in [0.2, 0.25) is 0 Å². The summed E-state index contributed by atoms with van der Waals surface area (Å²) in [5, 5.41) is 3.54. The van der Waals surface area contributed by atoms with Crippen molar-refractivity contribution >= 4 is 0 Å². The van der Waals surface area contributed by atoms with Gasteiger partial charge in [-0.3, -0.25) is 0 Å². The number of nitrogens with zero attached hydrogens (tertiary/aromatic N) is 1. The van der Waals surface area contributed by atoms with Crippen LogP contribution in [0.5, 0.6) is 0 Å². The lowest BCUT2D eigenvalue weighted by molar-refractivity contribution is 0.234. The average molecular weight is 258 g/mol. The van der Waals surface area contributed by atoms with Crippen LogP contribution in [0, 0.1) is 5.41 Å². The van der Waals surface area contributed by atoms with E-state index in [0.717, 1.165) is 0 Å². The molecule has 104 valence electrons. The summed E-state index contributed by atoms with van der Waals surface area (Å²) in [7, 11) is 0.